The number of halogens is 1. The molecule has 0 aromatic rings. The summed E-state index contributed by atoms with van der Waals surface area (Å²) in [6, 6.07) is 0. The van der Waals surface area contributed by atoms with Gasteiger partial charge in [0.2, 0.25) is 0 Å². The van der Waals surface area contributed by atoms with Crippen LogP contribution in [0.2, 0.25) is 0 Å². The van der Waals surface area contributed by atoms with Crippen LogP contribution in [0.1, 0.15) is 6.92 Å². The highest BCUT2D eigenvalue weighted by Crippen LogP contribution is 2.08. The average Bonchev–Trinajstić information content (AvgIpc) is 1.35. The van der Waals surface area contributed by atoms with Crippen molar-refractivity contribution < 1.29 is 0 Å². The van der Waals surface area contributed by atoms with E-state index in [4.69, 9.17) is 11.2 Å². The third-order valence-corrected chi connectivity index (χ3v) is 4.52. The van der Waals surface area contributed by atoms with Gasteiger partial charge in [0, 0.05) is 0 Å². The van der Waals surface area contributed by atoms with Gasteiger partial charge in [-0.2, -0.15) is 5.76 Å². The van der Waals surface area contributed by atoms with E-state index in [0.29, 0.717) is 0 Å². The Labute approximate surface area is 56.8 Å². The van der Waals surface area contributed by atoms with Crippen LogP contribution in [0.3, 0.4) is 0 Å². The summed E-state index contributed by atoms with van der Waals surface area (Å²) < 4.78 is 0. The molecule has 0 unspecified atom stereocenters. The Morgan fingerprint density at radius 1 is 1.83 bits per heavy atom. The van der Waals surface area contributed by atoms with Gasteiger partial charge in [0.15, 0.2) is 0 Å². The Hall–Kier alpha value is 1.30. The fourth-order valence-electron chi connectivity index (χ4n) is 0. The van der Waals surface area contributed by atoms with E-state index in [0.717, 1.165) is 0 Å². The lowest BCUT2D eigenvalue weighted by atomic mass is 11.0. The van der Waals surface area contributed by atoms with E-state index in [-0.39, 0.29) is 0 Å². The van der Waals surface area contributed by atoms with E-state index in [1.54, 1.807) is 0 Å². The number of rotatable bonds is 1. The van der Waals surface area contributed by atoms with Crippen molar-refractivity contribution in [3.05, 3.63) is 0 Å². The standard InChI is InChI=1S/C3H9IS2/c1-3-6(2,4)5/h6H,3H2,1-2H3. The smallest absolute Gasteiger partial charge is 0.0152 e. The maximum Gasteiger partial charge on any atom is -0.0152 e. The maximum absolute atomic E-state index is 5.08. The highest BCUT2D eigenvalue weighted by Gasteiger charge is 1.88. The third-order valence-electron chi connectivity index (χ3n) is 0.565. The molecule has 0 aliphatic heterocycles. The molecule has 6 heavy (non-hydrogen) atoms. The van der Waals surface area contributed by atoms with Gasteiger partial charge in [0.25, 0.3) is 0 Å². The molecule has 0 fully saturated rings. The van der Waals surface area contributed by atoms with Gasteiger partial charge in [-0.05, 0) is 33.2 Å². The van der Waals surface area contributed by atoms with Crippen LogP contribution in [-0.2, 0) is 16.9 Å². The molecule has 0 aliphatic carbocycles. The zero-order valence-electron chi connectivity index (χ0n) is 3.94. The zero-order valence-corrected chi connectivity index (χ0v) is 7.81. The molecule has 0 radical (unpaired) electrons. The van der Waals surface area contributed by atoms with Crippen LogP contribution in [0, 0.1) is 0 Å². The Morgan fingerprint density at radius 2 is 2.00 bits per heavy atom. The summed E-state index contributed by atoms with van der Waals surface area (Å²) in [5, 5.41) is 0. The third kappa shape index (κ3) is 5.30. The number of thiol groups is 1. The molecule has 40 valence electrons. The first-order valence-corrected chi connectivity index (χ1v) is 8.04. The second kappa shape index (κ2) is 2.57. The van der Waals surface area contributed by atoms with Crippen LogP contribution in [-0.4, -0.2) is 12.0 Å². The molecule has 0 spiro atoms. The SMILES string of the molecule is CC[SH](C)(=S)I. The Morgan fingerprint density at radius 3 is 2.00 bits per heavy atom. The maximum atomic E-state index is 5.08. The van der Waals surface area contributed by atoms with Crippen LogP contribution in [0.25, 0.3) is 0 Å². The average molecular weight is 236 g/mol. The van der Waals surface area contributed by atoms with Crippen molar-refractivity contribution in [2.45, 2.75) is 6.92 Å². The normalized spacial score (nSPS) is 14.5. The summed E-state index contributed by atoms with van der Waals surface area (Å²) in [5.41, 5.74) is 0. The lowest BCUT2D eigenvalue weighted by Crippen LogP contribution is -1.96. The van der Waals surface area contributed by atoms with Gasteiger partial charge in [0.1, 0.15) is 0 Å². The highest BCUT2D eigenvalue weighted by atomic mass is 127. The van der Waals surface area contributed by atoms with Crippen LogP contribution >= 0.6 is 21.2 Å². The van der Waals surface area contributed by atoms with Gasteiger partial charge in [-0.3, -0.25) is 0 Å². The van der Waals surface area contributed by atoms with Crippen molar-refractivity contribution in [3.63, 3.8) is 0 Å². The fourth-order valence-corrected chi connectivity index (χ4v) is 0. The highest BCUT2D eigenvalue weighted by molar-refractivity contribution is 14.2. The summed E-state index contributed by atoms with van der Waals surface area (Å²) >= 11 is 7.45. The minimum atomic E-state index is -0.843. The van der Waals surface area contributed by atoms with Gasteiger partial charge in [-0.15, -0.1) is 0 Å². The van der Waals surface area contributed by atoms with E-state index in [9.17, 15) is 0 Å². The molecular formula is C3H9IS2. The minimum absolute atomic E-state index is 0.843. The summed E-state index contributed by atoms with van der Waals surface area (Å²) in [4.78, 5) is 0. The largest absolute Gasteiger partial charge is 0.162 e. The van der Waals surface area contributed by atoms with Gasteiger partial charge < -0.3 is 0 Å². The van der Waals surface area contributed by atoms with Crippen molar-refractivity contribution >= 4 is 38.2 Å². The molecule has 0 atom stereocenters. The first-order chi connectivity index (χ1) is 2.56. The molecule has 0 aromatic carbocycles. The second-order valence-corrected chi connectivity index (χ2v) is 14.7. The number of hydrogen-bond acceptors (Lipinski definition) is 1. The van der Waals surface area contributed by atoms with Gasteiger partial charge in [-0.25, -0.2) is 0 Å². The van der Waals surface area contributed by atoms with Crippen LogP contribution in [0.4, 0.5) is 0 Å². The molecule has 3 heteroatoms. The molecule has 0 rings (SSSR count). The van der Waals surface area contributed by atoms with E-state index >= 15 is 0 Å². The molecule has 0 amide bonds. The minimum Gasteiger partial charge on any atom is -0.162 e. The quantitative estimate of drug-likeness (QED) is 0.407. The van der Waals surface area contributed by atoms with Crippen molar-refractivity contribution in [3.8, 4) is 0 Å². The fraction of sp³-hybridized carbons (Fsp3) is 1.00. The molecule has 0 heterocycles. The van der Waals surface area contributed by atoms with Crippen molar-refractivity contribution in [2.24, 2.45) is 0 Å². The number of hydrogen-bond donors (Lipinski definition) is 1. The summed E-state index contributed by atoms with van der Waals surface area (Å²) in [6.45, 7) is 2.15. The molecule has 0 saturated heterocycles. The summed E-state index contributed by atoms with van der Waals surface area (Å²) in [5.74, 6) is 0.340. The lowest BCUT2D eigenvalue weighted by Gasteiger charge is -2.05. The van der Waals surface area contributed by atoms with Crippen molar-refractivity contribution in [1.29, 1.82) is 0 Å². The van der Waals surface area contributed by atoms with Gasteiger partial charge in [0.05, 0.1) is 0 Å². The first kappa shape index (κ1) is 7.30. The molecule has 0 nitrogen and oxygen atoms in total. The van der Waals surface area contributed by atoms with Crippen molar-refractivity contribution in [2.75, 3.05) is 12.0 Å². The van der Waals surface area contributed by atoms with E-state index in [1.807, 2.05) is 0 Å². The van der Waals surface area contributed by atoms with Crippen LogP contribution < -0.4 is 0 Å². The molecule has 0 aliphatic rings. The topological polar surface area (TPSA) is 0 Å². The summed E-state index contributed by atoms with van der Waals surface area (Å²) in [7, 11) is 0. The van der Waals surface area contributed by atoms with E-state index in [2.05, 4.69) is 34.4 Å². The second-order valence-electron chi connectivity index (χ2n) is 1.30. The Kier molecular flexibility index (Phi) is 3.13. The molecular weight excluding hydrogens is 227 g/mol. The Bertz CT molecular complexity index is 72.9. The van der Waals surface area contributed by atoms with Gasteiger partial charge >= 0.3 is 0 Å². The van der Waals surface area contributed by atoms with Crippen LogP contribution in [0.5, 0.6) is 0 Å². The Balaban J connectivity index is 3.48. The molecule has 0 aromatic heterocycles. The monoisotopic (exact) mass is 236 g/mol. The van der Waals surface area contributed by atoms with E-state index in [1.165, 1.54) is 5.75 Å². The van der Waals surface area contributed by atoms with Crippen molar-refractivity contribution in [1.82, 2.24) is 0 Å². The van der Waals surface area contributed by atoms with Crippen LogP contribution in [0.15, 0.2) is 0 Å². The molecule has 0 saturated carbocycles. The molecule has 0 N–H and O–H groups in total. The first-order valence-electron chi connectivity index (χ1n) is 1.82. The molecule has 0 bridgehead atoms. The lowest BCUT2D eigenvalue weighted by molar-refractivity contribution is 1.53. The van der Waals surface area contributed by atoms with E-state index < -0.39 is 5.76 Å². The predicted molar refractivity (Wildman–Crippen MR) is 46.6 cm³/mol. The predicted octanol–water partition coefficient (Wildman–Crippen LogP) is 1.33. The summed E-state index contributed by atoms with van der Waals surface area (Å²) in [6.07, 6.45) is 2.16. The van der Waals surface area contributed by atoms with Gasteiger partial charge in [-0.1, -0.05) is 18.1 Å². The zero-order chi connectivity index (χ0) is 5.21.